The van der Waals surface area contributed by atoms with Crippen LogP contribution in [0, 0.1) is 5.82 Å². The molecule has 1 aliphatic rings. The highest BCUT2D eigenvalue weighted by atomic mass is 32.2. The van der Waals surface area contributed by atoms with E-state index < -0.39 is 18.1 Å². The standard InChI is InChI=1S/C17H16F3N5OS/c1-27-17-22-13(24-4-6-26-7-5-24)9-14(23-17)25-12-3-2-10(18)8-11(12)21-16(25)15(19)20/h2-3,8-9,15H,4-7H2,1H3. The fourth-order valence-electron chi connectivity index (χ4n) is 3.02. The predicted octanol–water partition coefficient (Wildman–Crippen LogP) is 3.45. The predicted molar refractivity (Wildman–Crippen MR) is 96.4 cm³/mol. The van der Waals surface area contributed by atoms with Crippen LogP contribution in [0.3, 0.4) is 0 Å². The van der Waals surface area contributed by atoms with Gasteiger partial charge in [0, 0.05) is 25.2 Å². The maximum absolute atomic E-state index is 13.6. The summed E-state index contributed by atoms with van der Waals surface area (Å²) in [5.41, 5.74) is 0.521. The zero-order valence-electron chi connectivity index (χ0n) is 14.4. The number of halogens is 3. The lowest BCUT2D eigenvalue weighted by Gasteiger charge is -2.28. The van der Waals surface area contributed by atoms with Crippen LogP contribution in [0.5, 0.6) is 0 Å². The van der Waals surface area contributed by atoms with Crippen molar-refractivity contribution in [3.63, 3.8) is 0 Å². The third-order valence-corrected chi connectivity index (χ3v) is 4.81. The topological polar surface area (TPSA) is 56.1 Å². The van der Waals surface area contributed by atoms with Crippen molar-refractivity contribution in [3.8, 4) is 5.82 Å². The first-order valence-corrected chi connectivity index (χ1v) is 9.51. The number of benzene rings is 1. The molecule has 0 bridgehead atoms. The van der Waals surface area contributed by atoms with Gasteiger partial charge < -0.3 is 9.64 Å². The molecular weight excluding hydrogens is 379 g/mol. The first-order chi connectivity index (χ1) is 13.1. The second-order valence-electron chi connectivity index (χ2n) is 5.91. The average Bonchev–Trinajstić information content (AvgIpc) is 3.07. The van der Waals surface area contributed by atoms with Crippen molar-refractivity contribution in [1.29, 1.82) is 0 Å². The highest BCUT2D eigenvalue weighted by Gasteiger charge is 2.23. The Morgan fingerprint density at radius 3 is 2.52 bits per heavy atom. The van der Waals surface area contributed by atoms with E-state index in [9.17, 15) is 13.2 Å². The lowest BCUT2D eigenvalue weighted by Crippen LogP contribution is -2.37. The van der Waals surface area contributed by atoms with E-state index in [0.29, 0.717) is 42.8 Å². The molecule has 0 aliphatic carbocycles. The van der Waals surface area contributed by atoms with E-state index in [0.717, 1.165) is 6.07 Å². The number of alkyl halides is 2. The third-order valence-electron chi connectivity index (χ3n) is 4.26. The van der Waals surface area contributed by atoms with Gasteiger partial charge in [-0.1, -0.05) is 11.8 Å². The molecule has 0 atom stereocenters. The Hall–Kier alpha value is -2.33. The SMILES string of the molecule is CSc1nc(N2CCOCC2)cc(-n2c(C(F)F)nc3cc(F)ccc32)n1. The quantitative estimate of drug-likeness (QED) is 0.498. The highest BCUT2D eigenvalue weighted by molar-refractivity contribution is 7.98. The van der Waals surface area contributed by atoms with Crippen molar-refractivity contribution in [1.82, 2.24) is 19.5 Å². The number of hydrogen-bond acceptors (Lipinski definition) is 6. The molecular formula is C17H16F3N5OS. The molecule has 0 spiro atoms. The number of hydrogen-bond donors (Lipinski definition) is 0. The Labute approximate surface area is 157 Å². The van der Waals surface area contributed by atoms with Crippen LogP contribution in [0.25, 0.3) is 16.9 Å². The molecule has 1 saturated heterocycles. The summed E-state index contributed by atoms with van der Waals surface area (Å²) >= 11 is 1.32. The molecule has 0 saturated carbocycles. The highest BCUT2D eigenvalue weighted by Crippen LogP contribution is 2.30. The molecule has 3 aromatic rings. The molecule has 0 amide bonds. The summed E-state index contributed by atoms with van der Waals surface area (Å²) in [5, 5.41) is 0.457. The molecule has 1 aromatic carbocycles. The summed E-state index contributed by atoms with van der Waals surface area (Å²) in [6, 6.07) is 5.44. The van der Waals surface area contributed by atoms with Crippen LogP contribution in [0.15, 0.2) is 29.4 Å². The molecule has 0 radical (unpaired) electrons. The molecule has 6 nitrogen and oxygen atoms in total. The van der Waals surface area contributed by atoms with Crippen molar-refractivity contribution < 1.29 is 17.9 Å². The maximum Gasteiger partial charge on any atom is 0.296 e. The number of anilines is 1. The third kappa shape index (κ3) is 3.46. The van der Waals surface area contributed by atoms with Crippen LogP contribution in [0.4, 0.5) is 19.0 Å². The average molecular weight is 395 g/mol. The minimum Gasteiger partial charge on any atom is -0.378 e. The minimum atomic E-state index is -2.83. The van der Waals surface area contributed by atoms with Gasteiger partial charge in [0.05, 0.1) is 24.2 Å². The Morgan fingerprint density at radius 1 is 1.07 bits per heavy atom. The largest absolute Gasteiger partial charge is 0.378 e. The van der Waals surface area contributed by atoms with Gasteiger partial charge in [0.25, 0.3) is 6.43 Å². The monoisotopic (exact) mass is 395 g/mol. The second kappa shape index (κ2) is 7.35. The van der Waals surface area contributed by atoms with Crippen molar-refractivity contribution in [2.45, 2.75) is 11.6 Å². The number of morpholine rings is 1. The summed E-state index contributed by atoms with van der Waals surface area (Å²) in [4.78, 5) is 14.8. The van der Waals surface area contributed by atoms with Gasteiger partial charge in [-0.15, -0.1) is 0 Å². The van der Waals surface area contributed by atoms with E-state index in [1.807, 2.05) is 11.2 Å². The van der Waals surface area contributed by atoms with Crippen LogP contribution < -0.4 is 4.90 Å². The van der Waals surface area contributed by atoms with Crippen LogP contribution >= 0.6 is 11.8 Å². The molecule has 10 heteroatoms. The Morgan fingerprint density at radius 2 is 1.81 bits per heavy atom. The maximum atomic E-state index is 13.6. The van der Waals surface area contributed by atoms with Crippen LogP contribution in [0.1, 0.15) is 12.2 Å². The van der Waals surface area contributed by atoms with Crippen molar-refractivity contribution in [2.75, 3.05) is 37.5 Å². The van der Waals surface area contributed by atoms with E-state index in [4.69, 9.17) is 4.74 Å². The second-order valence-corrected chi connectivity index (χ2v) is 6.68. The number of nitrogens with zero attached hydrogens (tertiary/aromatic N) is 5. The van der Waals surface area contributed by atoms with Crippen molar-refractivity contribution >= 4 is 28.6 Å². The zero-order chi connectivity index (χ0) is 19.0. The molecule has 0 N–H and O–H groups in total. The lowest BCUT2D eigenvalue weighted by atomic mass is 10.3. The summed E-state index contributed by atoms with van der Waals surface area (Å²) in [7, 11) is 0. The van der Waals surface area contributed by atoms with E-state index >= 15 is 0 Å². The fourth-order valence-corrected chi connectivity index (χ4v) is 3.39. The summed E-state index contributed by atoms with van der Waals surface area (Å²) in [6.45, 7) is 2.46. The molecule has 4 rings (SSSR count). The summed E-state index contributed by atoms with van der Waals surface area (Å²) in [6.07, 6.45) is -1.02. The van der Waals surface area contributed by atoms with Crippen LogP contribution in [-0.4, -0.2) is 52.1 Å². The minimum absolute atomic E-state index is 0.155. The van der Waals surface area contributed by atoms with Crippen molar-refractivity contribution in [3.05, 3.63) is 35.9 Å². The van der Waals surface area contributed by atoms with Gasteiger partial charge in [0.2, 0.25) is 0 Å². The number of fused-ring (bicyclic) bond motifs is 1. The van der Waals surface area contributed by atoms with Gasteiger partial charge in [-0.05, 0) is 18.4 Å². The molecule has 27 heavy (non-hydrogen) atoms. The molecule has 142 valence electrons. The van der Waals surface area contributed by atoms with E-state index in [1.54, 1.807) is 6.07 Å². The van der Waals surface area contributed by atoms with E-state index in [2.05, 4.69) is 15.0 Å². The van der Waals surface area contributed by atoms with Gasteiger partial charge in [-0.2, -0.15) is 0 Å². The number of rotatable bonds is 4. The summed E-state index contributed by atoms with van der Waals surface area (Å²) in [5.74, 6) is -0.0965. The summed E-state index contributed by atoms with van der Waals surface area (Å²) < 4.78 is 47.4. The van der Waals surface area contributed by atoms with Crippen molar-refractivity contribution in [2.24, 2.45) is 0 Å². The number of thioether (sulfide) groups is 1. The Kier molecular flexibility index (Phi) is 4.92. The number of imidazole rings is 1. The lowest BCUT2D eigenvalue weighted by molar-refractivity contribution is 0.122. The van der Waals surface area contributed by atoms with Gasteiger partial charge in [0.15, 0.2) is 11.0 Å². The van der Waals surface area contributed by atoms with Crippen LogP contribution in [-0.2, 0) is 4.74 Å². The van der Waals surface area contributed by atoms with Gasteiger partial charge in [0.1, 0.15) is 17.5 Å². The number of ether oxygens (including phenoxy) is 1. The molecule has 1 fully saturated rings. The molecule has 1 aliphatic heterocycles. The van der Waals surface area contributed by atoms with Gasteiger partial charge >= 0.3 is 0 Å². The van der Waals surface area contributed by atoms with Gasteiger partial charge in [-0.3, -0.25) is 4.57 Å². The Bertz CT molecular complexity index is 975. The van der Waals surface area contributed by atoms with E-state index in [-0.39, 0.29) is 11.3 Å². The van der Waals surface area contributed by atoms with E-state index in [1.165, 1.54) is 28.5 Å². The molecule has 3 heterocycles. The molecule has 2 aromatic heterocycles. The first-order valence-electron chi connectivity index (χ1n) is 8.29. The van der Waals surface area contributed by atoms with Crippen LogP contribution in [0.2, 0.25) is 0 Å². The smallest absolute Gasteiger partial charge is 0.296 e. The number of aromatic nitrogens is 4. The Balaban J connectivity index is 1.90. The zero-order valence-corrected chi connectivity index (χ0v) is 15.2. The molecule has 0 unspecified atom stereocenters. The first kappa shape index (κ1) is 18.1. The normalized spacial score (nSPS) is 15.1. The fraction of sp³-hybridized carbons (Fsp3) is 0.353. The van der Waals surface area contributed by atoms with Gasteiger partial charge in [-0.25, -0.2) is 28.1 Å².